The van der Waals surface area contributed by atoms with Crippen LogP contribution in [0.3, 0.4) is 0 Å². The fourth-order valence-corrected chi connectivity index (χ4v) is 1.57. The van der Waals surface area contributed by atoms with Gasteiger partial charge in [0.05, 0.1) is 5.92 Å². The van der Waals surface area contributed by atoms with E-state index in [4.69, 9.17) is 5.73 Å². The highest BCUT2D eigenvalue weighted by molar-refractivity contribution is 5.92. The van der Waals surface area contributed by atoms with E-state index in [1.807, 2.05) is 19.9 Å². The lowest BCUT2D eigenvalue weighted by atomic mass is 10.0. The molecule has 0 radical (unpaired) electrons. The van der Waals surface area contributed by atoms with Gasteiger partial charge in [0, 0.05) is 24.1 Å². The van der Waals surface area contributed by atoms with Gasteiger partial charge in [-0.15, -0.1) is 0 Å². The van der Waals surface area contributed by atoms with Gasteiger partial charge in [-0.3, -0.25) is 9.78 Å². The number of nitrogens with one attached hydrogen (secondary N) is 1. The Hall–Kier alpha value is -1.42. The van der Waals surface area contributed by atoms with Crippen molar-refractivity contribution in [2.75, 3.05) is 11.9 Å². The molecule has 4 nitrogen and oxygen atoms in total. The molecule has 1 rings (SSSR count). The van der Waals surface area contributed by atoms with Gasteiger partial charge in [-0.05, 0) is 25.5 Å². The molecule has 4 heteroatoms. The molecule has 0 aliphatic carbocycles. The van der Waals surface area contributed by atoms with Crippen molar-refractivity contribution in [1.82, 2.24) is 4.98 Å². The van der Waals surface area contributed by atoms with Crippen LogP contribution in [-0.4, -0.2) is 17.4 Å². The Morgan fingerprint density at radius 3 is 2.94 bits per heavy atom. The third-order valence-corrected chi connectivity index (χ3v) is 2.46. The molecule has 1 aromatic heterocycles. The number of carbonyl (C=O) groups is 1. The van der Waals surface area contributed by atoms with Crippen LogP contribution in [-0.2, 0) is 4.79 Å². The zero-order valence-corrected chi connectivity index (χ0v) is 9.86. The van der Waals surface area contributed by atoms with E-state index in [1.54, 1.807) is 12.3 Å². The lowest BCUT2D eigenvalue weighted by Gasteiger charge is -2.13. The van der Waals surface area contributed by atoms with E-state index in [2.05, 4.69) is 10.3 Å². The van der Waals surface area contributed by atoms with Gasteiger partial charge >= 0.3 is 0 Å². The van der Waals surface area contributed by atoms with Crippen LogP contribution < -0.4 is 11.1 Å². The number of aryl methyl sites for hydroxylation is 1. The topological polar surface area (TPSA) is 68.0 Å². The quantitative estimate of drug-likeness (QED) is 0.795. The van der Waals surface area contributed by atoms with Gasteiger partial charge in [-0.2, -0.15) is 0 Å². The third-order valence-electron chi connectivity index (χ3n) is 2.46. The number of amides is 1. The largest absolute Gasteiger partial charge is 0.330 e. The van der Waals surface area contributed by atoms with Crippen molar-refractivity contribution in [2.45, 2.75) is 26.7 Å². The number of aromatic nitrogens is 1. The molecule has 0 saturated heterocycles. The summed E-state index contributed by atoms with van der Waals surface area (Å²) in [5.74, 6) is -0.103. The van der Waals surface area contributed by atoms with E-state index in [1.165, 1.54) is 0 Å². The summed E-state index contributed by atoms with van der Waals surface area (Å²) >= 11 is 0. The van der Waals surface area contributed by atoms with Crippen LogP contribution in [0.4, 0.5) is 5.69 Å². The lowest BCUT2D eigenvalue weighted by Crippen LogP contribution is -2.29. The number of hydrogen-bond donors (Lipinski definition) is 2. The van der Waals surface area contributed by atoms with Crippen LogP contribution in [0.1, 0.15) is 25.5 Å². The fourth-order valence-electron chi connectivity index (χ4n) is 1.57. The Balaban J connectivity index is 2.62. The van der Waals surface area contributed by atoms with Gasteiger partial charge in [0.2, 0.25) is 5.91 Å². The molecule has 0 spiro atoms. The number of nitrogens with two attached hydrogens (primary N) is 1. The monoisotopic (exact) mass is 221 g/mol. The first-order chi connectivity index (χ1) is 7.67. The molecule has 88 valence electrons. The van der Waals surface area contributed by atoms with Gasteiger partial charge in [0.15, 0.2) is 0 Å². The molecule has 16 heavy (non-hydrogen) atoms. The molecule has 0 aliphatic rings. The predicted octanol–water partition coefficient (Wildman–Crippen LogP) is 1.70. The summed E-state index contributed by atoms with van der Waals surface area (Å²) in [5, 5.41) is 2.86. The maximum atomic E-state index is 11.8. The van der Waals surface area contributed by atoms with Crippen LogP contribution in [0.5, 0.6) is 0 Å². The Kier molecular flexibility index (Phi) is 4.92. The number of nitrogens with zero attached hydrogens (tertiary/aromatic N) is 1. The van der Waals surface area contributed by atoms with Crippen molar-refractivity contribution < 1.29 is 4.79 Å². The van der Waals surface area contributed by atoms with E-state index in [9.17, 15) is 4.79 Å². The van der Waals surface area contributed by atoms with E-state index in [0.717, 1.165) is 24.2 Å². The summed E-state index contributed by atoms with van der Waals surface area (Å²) in [5.41, 5.74) is 7.24. The second-order valence-corrected chi connectivity index (χ2v) is 3.90. The van der Waals surface area contributed by atoms with Crippen LogP contribution in [0.2, 0.25) is 0 Å². The van der Waals surface area contributed by atoms with Crippen molar-refractivity contribution in [1.29, 1.82) is 0 Å². The summed E-state index contributed by atoms with van der Waals surface area (Å²) in [6.07, 6.45) is 3.47. The van der Waals surface area contributed by atoms with Gasteiger partial charge in [0.1, 0.15) is 0 Å². The first-order valence-corrected chi connectivity index (χ1v) is 5.61. The van der Waals surface area contributed by atoms with Gasteiger partial charge in [-0.25, -0.2) is 0 Å². The minimum absolute atomic E-state index is 0.00468. The van der Waals surface area contributed by atoms with Gasteiger partial charge in [-0.1, -0.05) is 13.3 Å². The van der Waals surface area contributed by atoms with Crippen molar-refractivity contribution in [3.8, 4) is 0 Å². The Labute approximate surface area is 96.3 Å². The maximum Gasteiger partial charge on any atom is 0.228 e. The molecular weight excluding hydrogens is 202 g/mol. The molecule has 0 aliphatic heterocycles. The molecule has 0 fully saturated rings. The van der Waals surface area contributed by atoms with Gasteiger partial charge < -0.3 is 11.1 Å². The molecule has 3 N–H and O–H groups in total. The van der Waals surface area contributed by atoms with Gasteiger partial charge in [0.25, 0.3) is 0 Å². The first-order valence-electron chi connectivity index (χ1n) is 5.61. The standard InChI is InChI=1S/C12H19N3O/c1-3-4-10(8-13)12(16)15-11-5-6-14-9(2)7-11/h5-7,10H,3-4,8,13H2,1-2H3,(H,14,15,16). The smallest absolute Gasteiger partial charge is 0.228 e. The Morgan fingerprint density at radius 1 is 1.62 bits per heavy atom. The minimum atomic E-state index is -0.0986. The second kappa shape index (κ2) is 6.23. The highest BCUT2D eigenvalue weighted by atomic mass is 16.1. The fraction of sp³-hybridized carbons (Fsp3) is 0.500. The Bertz CT molecular complexity index is 352. The molecule has 0 bridgehead atoms. The van der Waals surface area contributed by atoms with E-state index >= 15 is 0 Å². The highest BCUT2D eigenvalue weighted by Crippen LogP contribution is 2.11. The predicted molar refractivity (Wildman–Crippen MR) is 65.1 cm³/mol. The molecule has 0 aromatic carbocycles. The minimum Gasteiger partial charge on any atom is -0.330 e. The average molecular weight is 221 g/mol. The summed E-state index contributed by atoms with van der Waals surface area (Å²) in [4.78, 5) is 15.9. The summed E-state index contributed by atoms with van der Waals surface area (Å²) in [7, 11) is 0. The van der Waals surface area contributed by atoms with Crippen LogP contribution in [0, 0.1) is 12.8 Å². The zero-order valence-electron chi connectivity index (χ0n) is 9.86. The normalized spacial score (nSPS) is 12.2. The second-order valence-electron chi connectivity index (χ2n) is 3.90. The average Bonchev–Trinajstić information content (AvgIpc) is 2.25. The summed E-state index contributed by atoms with van der Waals surface area (Å²) in [6.45, 7) is 4.33. The van der Waals surface area contributed by atoms with Crippen molar-refractivity contribution in [3.63, 3.8) is 0 Å². The maximum absolute atomic E-state index is 11.8. The SMILES string of the molecule is CCCC(CN)C(=O)Nc1ccnc(C)c1. The van der Waals surface area contributed by atoms with Crippen LogP contribution in [0.15, 0.2) is 18.3 Å². The summed E-state index contributed by atoms with van der Waals surface area (Å²) < 4.78 is 0. The lowest BCUT2D eigenvalue weighted by molar-refractivity contribution is -0.119. The molecule has 1 unspecified atom stereocenters. The number of anilines is 1. The number of pyridine rings is 1. The zero-order chi connectivity index (χ0) is 12.0. The number of rotatable bonds is 5. The molecule has 1 heterocycles. The molecule has 0 saturated carbocycles. The van der Waals surface area contributed by atoms with E-state index in [0.29, 0.717) is 6.54 Å². The van der Waals surface area contributed by atoms with Crippen molar-refractivity contribution in [3.05, 3.63) is 24.0 Å². The number of carbonyl (C=O) groups excluding carboxylic acids is 1. The molecule has 1 atom stereocenters. The Morgan fingerprint density at radius 2 is 2.38 bits per heavy atom. The van der Waals surface area contributed by atoms with Crippen LogP contribution >= 0.6 is 0 Å². The van der Waals surface area contributed by atoms with Crippen LogP contribution in [0.25, 0.3) is 0 Å². The van der Waals surface area contributed by atoms with E-state index in [-0.39, 0.29) is 11.8 Å². The summed E-state index contributed by atoms with van der Waals surface area (Å²) in [6, 6.07) is 3.63. The first kappa shape index (κ1) is 12.6. The van der Waals surface area contributed by atoms with Crippen molar-refractivity contribution >= 4 is 11.6 Å². The van der Waals surface area contributed by atoms with E-state index < -0.39 is 0 Å². The third kappa shape index (κ3) is 3.62. The number of hydrogen-bond acceptors (Lipinski definition) is 3. The molecular formula is C12H19N3O. The van der Waals surface area contributed by atoms with Crippen molar-refractivity contribution in [2.24, 2.45) is 11.7 Å². The molecule has 1 amide bonds. The highest BCUT2D eigenvalue weighted by Gasteiger charge is 2.15. The molecule has 1 aromatic rings.